The van der Waals surface area contributed by atoms with Crippen molar-refractivity contribution in [2.45, 2.75) is 32.7 Å². The van der Waals surface area contributed by atoms with Crippen LogP contribution in [0, 0.1) is 11.3 Å². The minimum Gasteiger partial charge on any atom is -0.374 e. The zero-order valence-electron chi connectivity index (χ0n) is 15.6. The molecule has 2 atom stereocenters. The number of halogens is 1. The van der Waals surface area contributed by atoms with Crippen LogP contribution in [0.25, 0.3) is 6.08 Å². The molecular weight excluding hydrogens is 356 g/mol. The highest BCUT2D eigenvalue weighted by Gasteiger charge is 2.44. The van der Waals surface area contributed by atoms with E-state index in [1.807, 2.05) is 60.7 Å². The number of nitrogens with zero attached hydrogens (tertiary/aromatic N) is 1. The Kier molecular flexibility index (Phi) is 4.65. The number of carbonyl (C=O) groups is 1. The third-order valence-electron chi connectivity index (χ3n) is 5.23. The number of Topliss-reactive ketones (excluding diaryl/α,β-unsaturated/α-hetero) is 1. The zero-order chi connectivity index (χ0) is 19.0. The lowest BCUT2D eigenvalue weighted by Crippen LogP contribution is -2.46. The van der Waals surface area contributed by atoms with Crippen LogP contribution in [0.5, 0.6) is 0 Å². The summed E-state index contributed by atoms with van der Waals surface area (Å²) in [7, 11) is 0. The Morgan fingerprint density at radius 1 is 1.11 bits per heavy atom. The molecule has 3 nitrogen and oxygen atoms in total. The molecule has 0 aromatic heterocycles. The molecule has 0 spiro atoms. The molecule has 1 aliphatic heterocycles. The van der Waals surface area contributed by atoms with Gasteiger partial charge in [-0.2, -0.15) is 0 Å². The summed E-state index contributed by atoms with van der Waals surface area (Å²) in [6.45, 7) is 4.26. The maximum atomic E-state index is 13.1. The van der Waals surface area contributed by atoms with Gasteiger partial charge in [0.25, 0.3) is 0 Å². The zero-order valence-corrected chi connectivity index (χ0v) is 16.3. The van der Waals surface area contributed by atoms with Crippen molar-refractivity contribution in [3.63, 3.8) is 0 Å². The van der Waals surface area contributed by atoms with Crippen LogP contribution in [0.4, 0.5) is 11.4 Å². The van der Waals surface area contributed by atoms with E-state index in [1.54, 1.807) is 0 Å². The molecule has 27 heavy (non-hydrogen) atoms. The van der Waals surface area contributed by atoms with Crippen molar-refractivity contribution in [3.8, 4) is 0 Å². The summed E-state index contributed by atoms with van der Waals surface area (Å²) in [5.41, 5.74) is 3.65. The number of rotatable bonds is 2. The lowest BCUT2D eigenvalue weighted by molar-refractivity contribution is -0.123. The summed E-state index contributed by atoms with van der Waals surface area (Å²) < 4.78 is 0. The average molecular weight is 379 g/mol. The molecule has 0 radical (unpaired) electrons. The molecule has 1 fully saturated rings. The number of fused-ring (bicyclic) bond motifs is 2. The number of ketones is 1. The number of benzene rings is 2. The predicted molar refractivity (Wildman–Crippen MR) is 113 cm³/mol. The minimum atomic E-state index is -0.335. The van der Waals surface area contributed by atoms with E-state index in [0.717, 1.165) is 29.1 Å². The van der Waals surface area contributed by atoms with Crippen LogP contribution < -0.4 is 5.32 Å². The number of nitrogens with one attached hydrogen (secondary N) is 1. The van der Waals surface area contributed by atoms with Crippen molar-refractivity contribution in [3.05, 3.63) is 65.2 Å². The van der Waals surface area contributed by atoms with Gasteiger partial charge in [0.1, 0.15) is 5.78 Å². The molecule has 1 N–H and O–H groups in total. The number of para-hydroxylation sites is 2. The van der Waals surface area contributed by atoms with E-state index in [2.05, 4.69) is 19.2 Å². The Hall–Kier alpha value is -2.39. The fourth-order valence-corrected chi connectivity index (χ4v) is 4.35. The number of carbonyl (C=O) groups excluding carboxylic acids is 1. The van der Waals surface area contributed by atoms with E-state index < -0.39 is 0 Å². The first-order chi connectivity index (χ1) is 12.9. The summed E-state index contributed by atoms with van der Waals surface area (Å²) in [6.07, 6.45) is 3.28. The molecule has 0 bridgehead atoms. The molecule has 0 saturated heterocycles. The maximum Gasteiger partial charge on any atom is 0.144 e. The predicted octanol–water partition coefficient (Wildman–Crippen LogP) is 5.84. The van der Waals surface area contributed by atoms with Crippen molar-refractivity contribution >= 4 is 40.5 Å². The molecule has 2 aromatic carbocycles. The van der Waals surface area contributed by atoms with Gasteiger partial charge in [-0.25, -0.2) is 0 Å². The standard InChI is InChI=1S/C23H23ClN2O/c1-23(2)13-19-21(20(27)14-23)22(16(24)12-15-8-4-3-5-9-15)26-18-11-7-6-10-17(18)25-19/h3-12,21-22,26H,13-14H2,1-2H3. The first-order valence-corrected chi connectivity index (χ1v) is 9.69. The van der Waals surface area contributed by atoms with E-state index in [9.17, 15) is 4.79 Å². The normalized spacial score (nSPS) is 24.2. The summed E-state index contributed by atoms with van der Waals surface area (Å²) in [5, 5.41) is 4.13. The first-order valence-electron chi connectivity index (χ1n) is 9.31. The number of anilines is 1. The Morgan fingerprint density at radius 3 is 2.59 bits per heavy atom. The topological polar surface area (TPSA) is 41.5 Å². The van der Waals surface area contributed by atoms with Gasteiger partial charge in [-0.05, 0) is 35.6 Å². The second kappa shape index (κ2) is 6.97. The highest BCUT2D eigenvalue weighted by Crippen LogP contribution is 2.42. The van der Waals surface area contributed by atoms with Crippen LogP contribution in [0.1, 0.15) is 32.3 Å². The lowest BCUT2D eigenvalue weighted by Gasteiger charge is -2.37. The van der Waals surface area contributed by atoms with Gasteiger partial charge < -0.3 is 5.32 Å². The van der Waals surface area contributed by atoms with E-state index >= 15 is 0 Å². The van der Waals surface area contributed by atoms with Crippen LogP contribution in [0.3, 0.4) is 0 Å². The third kappa shape index (κ3) is 3.70. The highest BCUT2D eigenvalue weighted by molar-refractivity contribution is 6.33. The molecule has 2 aliphatic rings. The van der Waals surface area contributed by atoms with Gasteiger partial charge in [0.2, 0.25) is 0 Å². The Labute approximate surface area is 165 Å². The largest absolute Gasteiger partial charge is 0.374 e. The summed E-state index contributed by atoms with van der Waals surface area (Å²) >= 11 is 6.78. The Morgan fingerprint density at radius 2 is 1.81 bits per heavy atom. The van der Waals surface area contributed by atoms with E-state index in [-0.39, 0.29) is 23.2 Å². The smallest absolute Gasteiger partial charge is 0.144 e. The molecule has 2 unspecified atom stereocenters. The highest BCUT2D eigenvalue weighted by atomic mass is 35.5. The molecule has 4 heteroatoms. The molecule has 1 aliphatic carbocycles. The Bertz CT molecular complexity index is 930. The van der Waals surface area contributed by atoms with Crippen LogP contribution in [0.2, 0.25) is 0 Å². The van der Waals surface area contributed by atoms with Gasteiger partial charge in [-0.1, -0.05) is 67.9 Å². The minimum absolute atomic E-state index is 0.0775. The van der Waals surface area contributed by atoms with Crippen molar-refractivity contribution in [1.29, 1.82) is 0 Å². The van der Waals surface area contributed by atoms with Crippen molar-refractivity contribution in [2.75, 3.05) is 5.32 Å². The number of hydrogen-bond donors (Lipinski definition) is 1. The van der Waals surface area contributed by atoms with Crippen LogP contribution in [-0.4, -0.2) is 17.5 Å². The Balaban J connectivity index is 1.80. The fourth-order valence-electron chi connectivity index (χ4n) is 4.04. The maximum absolute atomic E-state index is 13.1. The molecular formula is C23H23ClN2O. The molecule has 0 amide bonds. The average Bonchev–Trinajstić information content (AvgIpc) is 2.78. The van der Waals surface area contributed by atoms with E-state index in [0.29, 0.717) is 11.5 Å². The van der Waals surface area contributed by atoms with Crippen molar-refractivity contribution in [1.82, 2.24) is 0 Å². The second-order valence-electron chi connectivity index (χ2n) is 8.14. The summed E-state index contributed by atoms with van der Waals surface area (Å²) in [5.74, 6) is -0.132. The first kappa shape index (κ1) is 18.0. The van der Waals surface area contributed by atoms with Crippen molar-refractivity contribution in [2.24, 2.45) is 16.3 Å². The van der Waals surface area contributed by atoms with Gasteiger partial charge in [0.05, 0.1) is 23.3 Å². The van der Waals surface area contributed by atoms with E-state index in [1.165, 1.54) is 0 Å². The summed E-state index contributed by atoms with van der Waals surface area (Å²) in [6, 6.07) is 17.6. The van der Waals surface area contributed by atoms with Gasteiger partial charge >= 0.3 is 0 Å². The van der Waals surface area contributed by atoms with Crippen molar-refractivity contribution < 1.29 is 4.79 Å². The fraction of sp³-hybridized carbons (Fsp3) is 0.304. The van der Waals surface area contributed by atoms with Gasteiger partial charge in [0.15, 0.2) is 0 Å². The van der Waals surface area contributed by atoms with Gasteiger partial charge in [0, 0.05) is 17.2 Å². The molecule has 2 aromatic rings. The SMILES string of the molecule is CC1(C)CC(=O)C2C(=Nc3ccccc3NC2C(Cl)=Cc2ccccc2)C1. The van der Waals surface area contributed by atoms with Crippen LogP contribution in [0.15, 0.2) is 64.6 Å². The van der Waals surface area contributed by atoms with Gasteiger partial charge in [-0.15, -0.1) is 0 Å². The molecule has 4 rings (SSSR count). The quantitative estimate of drug-likeness (QED) is 0.713. The van der Waals surface area contributed by atoms with Crippen LogP contribution >= 0.6 is 11.6 Å². The molecule has 138 valence electrons. The lowest BCUT2D eigenvalue weighted by atomic mass is 9.69. The monoisotopic (exact) mass is 378 g/mol. The summed E-state index contributed by atoms with van der Waals surface area (Å²) in [4.78, 5) is 18.0. The molecule has 1 saturated carbocycles. The third-order valence-corrected chi connectivity index (χ3v) is 5.58. The second-order valence-corrected chi connectivity index (χ2v) is 8.58. The van der Waals surface area contributed by atoms with Crippen LogP contribution in [-0.2, 0) is 4.79 Å². The number of aliphatic imine (C=N–C) groups is 1. The van der Waals surface area contributed by atoms with Gasteiger partial charge in [-0.3, -0.25) is 9.79 Å². The number of hydrogen-bond acceptors (Lipinski definition) is 3. The van der Waals surface area contributed by atoms with E-state index in [4.69, 9.17) is 16.6 Å². The molecule has 1 heterocycles.